The van der Waals surface area contributed by atoms with Crippen LogP contribution in [0.15, 0.2) is 52.2 Å². The van der Waals surface area contributed by atoms with E-state index < -0.39 is 10.0 Å². The van der Waals surface area contributed by atoms with E-state index in [4.69, 9.17) is 16.3 Å². The van der Waals surface area contributed by atoms with Gasteiger partial charge in [0.2, 0.25) is 5.56 Å². The highest BCUT2D eigenvalue weighted by atomic mass is 35.5. The van der Waals surface area contributed by atoms with E-state index >= 15 is 0 Å². The Labute approximate surface area is 149 Å². The van der Waals surface area contributed by atoms with Gasteiger partial charge in [0.1, 0.15) is 10.6 Å². The van der Waals surface area contributed by atoms with Crippen LogP contribution in [0.5, 0.6) is 5.75 Å². The molecule has 0 amide bonds. The molecule has 0 radical (unpaired) electrons. The lowest BCUT2D eigenvalue weighted by Gasteiger charge is -2.12. The van der Waals surface area contributed by atoms with Crippen LogP contribution in [0, 0.1) is 6.92 Å². The maximum atomic E-state index is 12.7. The van der Waals surface area contributed by atoms with Crippen molar-refractivity contribution in [3.05, 3.63) is 63.4 Å². The molecule has 130 valence electrons. The minimum absolute atomic E-state index is 0.0177. The molecule has 6 nitrogen and oxygen atoms in total. The molecule has 0 atom stereocenters. The van der Waals surface area contributed by atoms with E-state index in [1.165, 1.54) is 25.3 Å². The highest BCUT2D eigenvalue weighted by molar-refractivity contribution is 7.92. The summed E-state index contributed by atoms with van der Waals surface area (Å²) in [5.74, 6) is 0.526. The molecule has 0 saturated carbocycles. The summed E-state index contributed by atoms with van der Waals surface area (Å²) in [7, 11) is -2.42. The van der Waals surface area contributed by atoms with E-state index in [1.807, 2.05) is 0 Å². The van der Waals surface area contributed by atoms with Crippen LogP contribution in [-0.4, -0.2) is 20.5 Å². The minimum Gasteiger partial charge on any atom is -0.497 e. The number of aromatic nitrogens is 1. The Hall–Kier alpha value is -2.51. The van der Waals surface area contributed by atoms with E-state index in [1.54, 1.807) is 31.2 Å². The Morgan fingerprint density at radius 3 is 2.64 bits per heavy atom. The van der Waals surface area contributed by atoms with Crippen LogP contribution in [-0.2, 0) is 10.0 Å². The molecular weight excluding hydrogens is 364 g/mol. The summed E-state index contributed by atoms with van der Waals surface area (Å²) in [6, 6.07) is 10.8. The predicted octanol–water partition coefficient (Wildman–Crippen LogP) is 3.30. The van der Waals surface area contributed by atoms with Gasteiger partial charge in [-0.15, -0.1) is 0 Å². The highest BCUT2D eigenvalue weighted by Gasteiger charge is 2.20. The number of anilines is 1. The lowest BCUT2D eigenvalue weighted by Crippen LogP contribution is -2.14. The fraction of sp³-hybridized carbons (Fsp3) is 0.118. The van der Waals surface area contributed by atoms with Crippen molar-refractivity contribution in [3.8, 4) is 5.75 Å². The summed E-state index contributed by atoms with van der Waals surface area (Å²) in [5, 5.41) is 0.624. The Kier molecular flexibility index (Phi) is 4.45. The van der Waals surface area contributed by atoms with Crippen molar-refractivity contribution in [3.63, 3.8) is 0 Å². The number of methoxy groups -OCH3 is 1. The number of hydrogen-bond donors (Lipinski definition) is 2. The molecule has 1 aromatic heterocycles. The summed E-state index contributed by atoms with van der Waals surface area (Å²) in [4.78, 5) is 14.1. The zero-order chi connectivity index (χ0) is 18.2. The molecule has 2 N–H and O–H groups in total. The van der Waals surface area contributed by atoms with E-state index in [-0.39, 0.29) is 15.5 Å². The van der Waals surface area contributed by atoms with Crippen LogP contribution in [0.2, 0.25) is 5.02 Å². The number of fused-ring (bicyclic) bond motifs is 1. The number of aromatic amines is 1. The number of H-pyrrole nitrogens is 1. The standard InChI is InChI=1S/C17H15ClN2O4S/c1-10-6-17(21)19-15-9-14(18)16(8-13(10)15)25(22,23)20-11-4-3-5-12(7-11)24-2/h3-9,20H,1-2H3,(H,19,21). The first kappa shape index (κ1) is 17.3. The van der Waals surface area contributed by atoms with Gasteiger partial charge in [-0.3, -0.25) is 9.52 Å². The quantitative estimate of drug-likeness (QED) is 0.729. The highest BCUT2D eigenvalue weighted by Crippen LogP contribution is 2.29. The smallest absolute Gasteiger partial charge is 0.263 e. The molecule has 1 heterocycles. The average molecular weight is 379 g/mol. The lowest BCUT2D eigenvalue weighted by atomic mass is 10.1. The molecule has 0 unspecified atom stereocenters. The third-order valence-electron chi connectivity index (χ3n) is 3.71. The topological polar surface area (TPSA) is 88.3 Å². The SMILES string of the molecule is COc1cccc(NS(=O)(=O)c2cc3c(C)cc(=O)[nH]c3cc2Cl)c1. The largest absolute Gasteiger partial charge is 0.497 e. The molecule has 25 heavy (non-hydrogen) atoms. The number of halogens is 1. The van der Waals surface area contributed by atoms with E-state index in [2.05, 4.69) is 9.71 Å². The Morgan fingerprint density at radius 2 is 1.92 bits per heavy atom. The van der Waals surface area contributed by atoms with Crippen LogP contribution in [0.3, 0.4) is 0 Å². The maximum Gasteiger partial charge on any atom is 0.263 e. The second-order valence-corrected chi connectivity index (χ2v) is 7.54. The van der Waals surface area contributed by atoms with Crippen LogP contribution in [0.1, 0.15) is 5.56 Å². The van der Waals surface area contributed by atoms with Crippen molar-refractivity contribution in [1.82, 2.24) is 4.98 Å². The van der Waals surface area contributed by atoms with Crippen LogP contribution < -0.4 is 15.0 Å². The van der Waals surface area contributed by atoms with Crippen LogP contribution in [0.25, 0.3) is 10.9 Å². The Bertz CT molecular complexity index is 1120. The van der Waals surface area contributed by atoms with Crippen molar-refractivity contribution < 1.29 is 13.2 Å². The molecule has 0 saturated heterocycles. The summed E-state index contributed by atoms with van der Waals surface area (Å²) in [6.07, 6.45) is 0. The van der Waals surface area contributed by atoms with Gasteiger partial charge in [0, 0.05) is 17.5 Å². The summed E-state index contributed by atoms with van der Waals surface area (Å²) in [5.41, 5.74) is 1.23. The summed E-state index contributed by atoms with van der Waals surface area (Å²) in [6.45, 7) is 1.73. The van der Waals surface area contributed by atoms with Crippen molar-refractivity contribution in [1.29, 1.82) is 0 Å². The molecular formula is C17H15ClN2O4S. The molecule has 2 aromatic carbocycles. The molecule has 8 heteroatoms. The molecule has 3 rings (SSSR count). The number of pyridine rings is 1. The Balaban J connectivity index is 2.10. The first-order valence-corrected chi connectivity index (χ1v) is 9.16. The number of ether oxygens (including phenoxy) is 1. The molecule has 0 aliphatic heterocycles. The zero-order valence-corrected chi connectivity index (χ0v) is 15.0. The molecule has 0 fully saturated rings. The lowest BCUT2D eigenvalue weighted by molar-refractivity contribution is 0.415. The fourth-order valence-electron chi connectivity index (χ4n) is 2.53. The van der Waals surface area contributed by atoms with Crippen molar-refractivity contribution >= 4 is 38.2 Å². The van der Waals surface area contributed by atoms with Gasteiger partial charge < -0.3 is 9.72 Å². The van der Waals surface area contributed by atoms with Gasteiger partial charge in [-0.25, -0.2) is 8.42 Å². The summed E-state index contributed by atoms with van der Waals surface area (Å²) >= 11 is 6.15. The minimum atomic E-state index is -3.92. The third kappa shape index (κ3) is 3.47. The predicted molar refractivity (Wildman–Crippen MR) is 98.1 cm³/mol. The normalized spacial score (nSPS) is 11.5. The zero-order valence-electron chi connectivity index (χ0n) is 13.5. The van der Waals surface area contributed by atoms with Gasteiger partial charge >= 0.3 is 0 Å². The fourth-order valence-corrected chi connectivity index (χ4v) is 4.13. The number of benzene rings is 2. The Morgan fingerprint density at radius 1 is 1.16 bits per heavy atom. The van der Waals surface area contributed by atoms with Crippen molar-refractivity contribution in [2.75, 3.05) is 11.8 Å². The average Bonchev–Trinajstić information content (AvgIpc) is 2.53. The molecule has 0 aliphatic rings. The second kappa shape index (κ2) is 6.42. The van der Waals surface area contributed by atoms with Gasteiger partial charge in [0.05, 0.1) is 23.3 Å². The van der Waals surface area contributed by atoms with Gasteiger partial charge in [-0.05, 0) is 36.8 Å². The number of hydrogen-bond acceptors (Lipinski definition) is 4. The van der Waals surface area contributed by atoms with Crippen LogP contribution >= 0.6 is 11.6 Å². The van der Waals surface area contributed by atoms with Crippen molar-refractivity contribution in [2.24, 2.45) is 0 Å². The van der Waals surface area contributed by atoms with E-state index in [9.17, 15) is 13.2 Å². The molecule has 0 bridgehead atoms. The molecule has 3 aromatic rings. The number of nitrogens with one attached hydrogen (secondary N) is 2. The number of aryl methyl sites for hydroxylation is 1. The third-order valence-corrected chi connectivity index (χ3v) is 5.56. The van der Waals surface area contributed by atoms with E-state index in [0.717, 1.165) is 0 Å². The van der Waals surface area contributed by atoms with Gasteiger partial charge in [0.25, 0.3) is 10.0 Å². The monoisotopic (exact) mass is 378 g/mol. The van der Waals surface area contributed by atoms with Crippen molar-refractivity contribution in [2.45, 2.75) is 11.8 Å². The number of sulfonamides is 1. The van der Waals surface area contributed by atoms with Crippen LogP contribution in [0.4, 0.5) is 5.69 Å². The number of rotatable bonds is 4. The second-order valence-electron chi connectivity index (χ2n) is 5.48. The molecule has 0 spiro atoms. The first-order chi connectivity index (χ1) is 11.8. The maximum absolute atomic E-state index is 12.7. The molecule has 0 aliphatic carbocycles. The first-order valence-electron chi connectivity index (χ1n) is 7.30. The van der Waals surface area contributed by atoms with Gasteiger partial charge in [-0.2, -0.15) is 0 Å². The van der Waals surface area contributed by atoms with Gasteiger partial charge in [0.15, 0.2) is 0 Å². The van der Waals surface area contributed by atoms with Gasteiger partial charge in [-0.1, -0.05) is 17.7 Å². The summed E-state index contributed by atoms with van der Waals surface area (Å²) < 4.78 is 33.0. The van der Waals surface area contributed by atoms with E-state index in [0.29, 0.717) is 27.9 Å².